The summed E-state index contributed by atoms with van der Waals surface area (Å²) in [6, 6.07) is 0. The van der Waals surface area contributed by atoms with Crippen LogP contribution in [0.1, 0.15) is 27.7 Å². The van der Waals surface area contributed by atoms with E-state index >= 15 is 0 Å². The summed E-state index contributed by atoms with van der Waals surface area (Å²) in [4.78, 5) is 12.2. The second kappa shape index (κ2) is 7.25. The van der Waals surface area contributed by atoms with E-state index in [-0.39, 0.29) is 6.92 Å². The summed E-state index contributed by atoms with van der Waals surface area (Å²) in [7, 11) is 0. The van der Waals surface area contributed by atoms with Crippen LogP contribution < -0.4 is 0 Å². The van der Waals surface area contributed by atoms with E-state index < -0.39 is 55.6 Å². The summed E-state index contributed by atoms with van der Waals surface area (Å²) in [5.41, 5.74) is -4.89. The topological polar surface area (TPSA) is 49.8 Å². The standard InChI is InChI=1S/C13H21F6NO3/c1-10(2,3)23-9(22)7-20(5-6-21)8-11(4,14)12(15,16)13(17,18)19/h21H,5-8H2,1-4H3. The number of esters is 1. The van der Waals surface area contributed by atoms with Gasteiger partial charge in [-0.15, -0.1) is 0 Å². The molecule has 0 spiro atoms. The lowest BCUT2D eigenvalue weighted by molar-refractivity contribution is -0.326. The smallest absolute Gasteiger partial charge is 0.456 e. The van der Waals surface area contributed by atoms with Gasteiger partial charge in [0.05, 0.1) is 13.2 Å². The van der Waals surface area contributed by atoms with Gasteiger partial charge in [0, 0.05) is 13.1 Å². The van der Waals surface area contributed by atoms with E-state index in [4.69, 9.17) is 9.84 Å². The lowest BCUT2D eigenvalue weighted by Gasteiger charge is -2.35. The Morgan fingerprint density at radius 1 is 1.04 bits per heavy atom. The highest BCUT2D eigenvalue weighted by Gasteiger charge is 2.69. The average Bonchev–Trinajstić information content (AvgIpc) is 2.23. The Labute approximate surface area is 130 Å². The number of rotatable bonds is 7. The molecule has 0 aliphatic heterocycles. The number of hydrogen-bond donors (Lipinski definition) is 1. The van der Waals surface area contributed by atoms with Crippen LogP contribution in [0.3, 0.4) is 0 Å². The van der Waals surface area contributed by atoms with Crippen LogP contribution in [-0.2, 0) is 9.53 Å². The number of alkyl halides is 6. The molecule has 0 rings (SSSR count). The Kier molecular flexibility index (Phi) is 6.92. The largest absolute Gasteiger partial charge is 0.459 e. The highest BCUT2D eigenvalue weighted by atomic mass is 19.4. The molecule has 0 fully saturated rings. The number of carbonyl (C=O) groups is 1. The zero-order chi connectivity index (χ0) is 18.7. The van der Waals surface area contributed by atoms with Crippen molar-refractivity contribution in [3.8, 4) is 0 Å². The molecular formula is C13H21F6NO3. The lowest BCUT2D eigenvalue weighted by Crippen LogP contribution is -2.58. The van der Waals surface area contributed by atoms with Crippen LogP contribution in [0.2, 0.25) is 0 Å². The summed E-state index contributed by atoms with van der Waals surface area (Å²) in [5, 5.41) is 8.82. The van der Waals surface area contributed by atoms with Crippen molar-refractivity contribution in [3.63, 3.8) is 0 Å². The van der Waals surface area contributed by atoms with Crippen LogP contribution in [-0.4, -0.2) is 65.6 Å². The molecule has 0 aromatic carbocycles. The van der Waals surface area contributed by atoms with E-state index in [0.29, 0.717) is 4.90 Å². The van der Waals surface area contributed by atoms with Gasteiger partial charge in [-0.05, 0) is 27.7 Å². The van der Waals surface area contributed by atoms with Gasteiger partial charge in [0.2, 0.25) is 0 Å². The van der Waals surface area contributed by atoms with Gasteiger partial charge in [-0.2, -0.15) is 22.0 Å². The summed E-state index contributed by atoms with van der Waals surface area (Å²) in [5.74, 6) is -6.54. The van der Waals surface area contributed by atoms with Gasteiger partial charge in [0.1, 0.15) is 5.60 Å². The number of ether oxygens (including phenoxy) is 1. The molecule has 0 bridgehead atoms. The van der Waals surface area contributed by atoms with E-state index in [2.05, 4.69) is 0 Å². The van der Waals surface area contributed by atoms with Crippen LogP contribution in [0, 0.1) is 0 Å². The van der Waals surface area contributed by atoms with Gasteiger partial charge in [-0.25, -0.2) is 4.39 Å². The van der Waals surface area contributed by atoms with E-state index in [0.717, 1.165) is 0 Å². The number of nitrogens with zero attached hydrogens (tertiary/aromatic N) is 1. The minimum atomic E-state index is -6.08. The van der Waals surface area contributed by atoms with Gasteiger partial charge in [0.15, 0.2) is 5.67 Å². The molecule has 0 saturated carbocycles. The molecule has 0 aromatic rings. The SMILES string of the molecule is CC(C)(C)OC(=O)CN(CCO)CC(C)(F)C(F)(F)C(F)(F)F. The van der Waals surface area contributed by atoms with Crippen LogP contribution in [0.4, 0.5) is 26.3 Å². The number of aliphatic hydroxyl groups excluding tert-OH is 1. The molecule has 0 radical (unpaired) electrons. The van der Waals surface area contributed by atoms with Crippen molar-refractivity contribution < 1.29 is 41.0 Å². The zero-order valence-corrected chi connectivity index (χ0v) is 13.3. The van der Waals surface area contributed by atoms with Gasteiger partial charge >= 0.3 is 18.1 Å². The van der Waals surface area contributed by atoms with E-state index in [1.807, 2.05) is 0 Å². The van der Waals surface area contributed by atoms with Gasteiger partial charge < -0.3 is 9.84 Å². The fraction of sp³-hybridized carbons (Fsp3) is 0.923. The van der Waals surface area contributed by atoms with Crippen molar-refractivity contribution in [2.45, 2.75) is 51.1 Å². The van der Waals surface area contributed by atoms with Crippen molar-refractivity contribution in [1.29, 1.82) is 0 Å². The van der Waals surface area contributed by atoms with Crippen molar-refractivity contribution in [1.82, 2.24) is 4.90 Å². The molecule has 0 amide bonds. The highest BCUT2D eigenvalue weighted by Crippen LogP contribution is 2.45. The van der Waals surface area contributed by atoms with Crippen molar-refractivity contribution in [2.75, 3.05) is 26.2 Å². The Morgan fingerprint density at radius 2 is 1.52 bits per heavy atom. The van der Waals surface area contributed by atoms with Crippen LogP contribution in [0.25, 0.3) is 0 Å². The first-order valence-electron chi connectivity index (χ1n) is 6.72. The number of aliphatic hydroxyl groups is 1. The predicted molar refractivity (Wildman–Crippen MR) is 69.9 cm³/mol. The van der Waals surface area contributed by atoms with Crippen molar-refractivity contribution in [3.05, 3.63) is 0 Å². The molecule has 0 aliphatic rings. The fourth-order valence-corrected chi connectivity index (χ4v) is 1.73. The third-order valence-corrected chi connectivity index (χ3v) is 2.72. The first kappa shape index (κ1) is 22.0. The van der Waals surface area contributed by atoms with Crippen molar-refractivity contribution >= 4 is 5.97 Å². The second-order valence-corrected chi connectivity index (χ2v) is 6.29. The van der Waals surface area contributed by atoms with E-state index in [1.54, 1.807) is 0 Å². The average molecular weight is 353 g/mol. The molecule has 23 heavy (non-hydrogen) atoms. The molecule has 1 unspecified atom stereocenters. The highest BCUT2D eigenvalue weighted by molar-refractivity contribution is 5.72. The first-order chi connectivity index (χ1) is 10.0. The minimum Gasteiger partial charge on any atom is -0.459 e. The van der Waals surface area contributed by atoms with Crippen LogP contribution in [0.15, 0.2) is 0 Å². The summed E-state index contributed by atoms with van der Waals surface area (Å²) in [6.45, 7) is 1.42. The Balaban J connectivity index is 5.10. The summed E-state index contributed by atoms with van der Waals surface area (Å²) < 4.78 is 82.2. The monoisotopic (exact) mass is 353 g/mol. The maximum atomic E-state index is 14.0. The Hall–Kier alpha value is -1.03. The van der Waals surface area contributed by atoms with Crippen LogP contribution in [0.5, 0.6) is 0 Å². The quantitative estimate of drug-likeness (QED) is 0.565. The van der Waals surface area contributed by atoms with Gasteiger partial charge in [0.25, 0.3) is 0 Å². The molecule has 10 heteroatoms. The van der Waals surface area contributed by atoms with E-state index in [9.17, 15) is 31.1 Å². The normalized spacial score (nSPS) is 16.3. The molecule has 138 valence electrons. The first-order valence-corrected chi connectivity index (χ1v) is 6.72. The van der Waals surface area contributed by atoms with Crippen molar-refractivity contribution in [2.24, 2.45) is 0 Å². The Bertz CT molecular complexity index is 403. The van der Waals surface area contributed by atoms with Gasteiger partial charge in [-0.1, -0.05) is 0 Å². The maximum absolute atomic E-state index is 14.0. The molecule has 4 nitrogen and oxygen atoms in total. The maximum Gasteiger partial charge on any atom is 0.456 e. The number of halogens is 6. The summed E-state index contributed by atoms with van der Waals surface area (Å²) in [6.07, 6.45) is -6.08. The minimum absolute atomic E-state index is 0.0972. The molecule has 0 heterocycles. The molecule has 0 aliphatic carbocycles. The lowest BCUT2D eigenvalue weighted by atomic mass is 9.98. The molecule has 1 atom stereocenters. The molecular weight excluding hydrogens is 332 g/mol. The number of hydrogen-bond acceptors (Lipinski definition) is 4. The van der Waals surface area contributed by atoms with E-state index in [1.165, 1.54) is 20.8 Å². The van der Waals surface area contributed by atoms with Crippen LogP contribution >= 0.6 is 0 Å². The third-order valence-electron chi connectivity index (χ3n) is 2.72. The second-order valence-electron chi connectivity index (χ2n) is 6.29. The fourth-order valence-electron chi connectivity index (χ4n) is 1.73. The molecule has 0 saturated heterocycles. The predicted octanol–water partition coefficient (Wildman–Crippen LogP) is 2.55. The zero-order valence-electron chi connectivity index (χ0n) is 13.3. The number of carbonyl (C=O) groups excluding carboxylic acids is 1. The molecule has 1 N–H and O–H groups in total. The molecule has 0 aromatic heterocycles. The Morgan fingerprint density at radius 3 is 1.87 bits per heavy atom. The summed E-state index contributed by atoms with van der Waals surface area (Å²) >= 11 is 0. The third kappa shape index (κ3) is 6.54. The van der Waals surface area contributed by atoms with Gasteiger partial charge in [-0.3, -0.25) is 9.69 Å².